The predicted molar refractivity (Wildman–Crippen MR) is 133 cm³/mol. The first-order chi connectivity index (χ1) is 17.4. The molecule has 0 unspecified atom stereocenters. The van der Waals surface area contributed by atoms with Crippen molar-refractivity contribution in [2.45, 2.75) is 6.10 Å². The highest BCUT2D eigenvalue weighted by Crippen LogP contribution is 2.30. The molecule has 0 N–H and O–H groups in total. The van der Waals surface area contributed by atoms with Crippen LogP contribution in [-0.4, -0.2) is 91.0 Å². The number of halogens is 1. The summed E-state index contributed by atoms with van der Waals surface area (Å²) in [5.41, 5.74) is 1.40. The fourth-order valence-corrected chi connectivity index (χ4v) is 5.20. The fraction of sp³-hybridized carbons (Fsp3) is 0.360. The Morgan fingerprint density at radius 2 is 1.69 bits per heavy atom. The molecule has 9 nitrogen and oxygen atoms in total. The maximum absolute atomic E-state index is 15.1. The van der Waals surface area contributed by atoms with E-state index in [-0.39, 0.29) is 19.0 Å². The topological polar surface area (TPSA) is 90.5 Å². The molecule has 5 rings (SSSR count). The second-order valence-electron chi connectivity index (χ2n) is 8.82. The van der Waals surface area contributed by atoms with E-state index in [1.165, 1.54) is 22.7 Å². The van der Waals surface area contributed by atoms with Crippen LogP contribution < -0.4 is 9.80 Å². The zero-order valence-corrected chi connectivity index (χ0v) is 20.5. The maximum atomic E-state index is 15.1. The van der Waals surface area contributed by atoms with E-state index in [4.69, 9.17) is 4.74 Å². The van der Waals surface area contributed by atoms with Crippen LogP contribution in [0.15, 0.2) is 42.5 Å². The Labute approximate surface area is 211 Å². The van der Waals surface area contributed by atoms with Gasteiger partial charge in [0, 0.05) is 26.2 Å². The van der Waals surface area contributed by atoms with E-state index in [1.807, 2.05) is 11.2 Å². The van der Waals surface area contributed by atoms with E-state index < -0.39 is 29.8 Å². The third kappa shape index (κ3) is 4.39. The highest BCUT2D eigenvalue weighted by Gasteiger charge is 2.41. The molecule has 36 heavy (non-hydrogen) atoms. The molecule has 2 saturated heterocycles. The van der Waals surface area contributed by atoms with Crippen molar-refractivity contribution in [2.24, 2.45) is 0 Å². The molecular weight excluding hydrogens is 487 g/mol. The lowest BCUT2D eigenvalue weighted by molar-refractivity contribution is -0.128. The zero-order chi connectivity index (χ0) is 25.4. The van der Waals surface area contributed by atoms with Crippen molar-refractivity contribution < 1.29 is 28.3 Å². The summed E-state index contributed by atoms with van der Waals surface area (Å²) in [6.07, 6.45) is 0.493. The third-order valence-electron chi connectivity index (χ3n) is 6.62. The maximum Gasteiger partial charge on any atom is 0.414 e. The Balaban J connectivity index is 1.22. The van der Waals surface area contributed by atoms with Gasteiger partial charge in [0.2, 0.25) is 5.91 Å². The summed E-state index contributed by atoms with van der Waals surface area (Å²) in [6.45, 7) is 2.10. The molecule has 0 radical (unpaired) electrons. The van der Waals surface area contributed by atoms with Gasteiger partial charge in [0.1, 0.15) is 11.9 Å². The first kappa shape index (κ1) is 24.1. The Morgan fingerprint density at radius 1 is 1.03 bits per heavy atom. The fourth-order valence-electron chi connectivity index (χ4n) is 4.77. The normalized spacial score (nSPS) is 19.7. The van der Waals surface area contributed by atoms with Gasteiger partial charge in [0.15, 0.2) is 0 Å². The lowest BCUT2D eigenvalue weighted by atomic mass is 10.1. The number of cyclic esters (lactones) is 1. The molecule has 11 heteroatoms. The number of rotatable bonds is 6. The van der Waals surface area contributed by atoms with Crippen molar-refractivity contribution in [1.29, 1.82) is 0 Å². The first-order valence-corrected chi connectivity index (χ1v) is 13.0. The highest BCUT2D eigenvalue weighted by atomic mass is 32.2. The van der Waals surface area contributed by atoms with Crippen LogP contribution in [0.3, 0.4) is 0 Å². The largest absolute Gasteiger partial charge is 0.442 e. The number of imide groups is 1. The van der Waals surface area contributed by atoms with E-state index in [1.54, 1.807) is 41.3 Å². The molecule has 0 spiro atoms. The summed E-state index contributed by atoms with van der Waals surface area (Å²) in [5, 5.41) is 0. The van der Waals surface area contributed by atoms with Gasteiger partial charge in [0.05, 0.1) is 41.3 Å². The number of carbonyl (C=O) groups is 4. The Hall–Kier alpha value is -3.60. The van der Waals surface area contributed by atoms with Gasteiger partial charge in [0.25, 0.3) is 11.8 Å². The summed E-state index contributed by atoms with van der Waals surface area (Å²) >= 11 is 1.48. The van der Waals surface area contributed by atoms with Crippen LogP contribution in [0.25, 0.3) is 0 Å². The van der Waals surface area contributed by atoms with Crippen molar-refractivity contribution in [2.75, 3.05) is 61.1 Å². The van der Waals surface area contributed by atoms with Crippen molar-refractivity contribution in [3.63, 3.8) is 0 Å². The van der Waals surface area contributed by atoms with Crippen molar-refractivity contribution >= 4 is 47.0 Å². The molecule has 0 aliphatic carbocycles. The van der Waals surface area contributed by atoms with Gasteiger partial charge in [-0.05, 0) is 36.6 Å². The SMILES string of the molecule is CSCC(=O)N1CCN(c2ccc(N3C[C@H](CN4C(=O)c5ccccc5C4=O)OC3=O)cc2F)CC1. The number of anilines is 2. The summed E-state index contributed by atoms with van der Waals surface area (Å²) in [6, 6.07) is 11.1. The molecular formula is C25H25FN4O5S. The highest BCUT2D eigenvalue weighted by molar-refractivity contribution is 7.99. The van der Waals surface area contributed by atoms with Gasteiger partial charge in [-0.15, -0.1) is 0 Å². The molecule has 3 aliphatic heterocycles. The number of thioether (sulfide) groups is 1. The lowest BCUT2D eigenvalue weighted by Gasteiger charge is -2.36. The molecule has 4 amide bonds. The molecule has 0 aromatic heterocycles. The molecule has 2 aromatic carbocycles. The minimum absolute atomic E-state index is 0.0747. The lowest BCUT2D eigenvalue weighted by Crippen LogP contribution is -2.49. The van der Waals surface area contributed by atoms with Crippen LogP contribution in [0, 0.1) is 5.82 Å². The molecule has 3 aliphatic rings. The van der Waals surface area contributed by atoms with Crippen LogP contribution in [-0.2, 0) is 9.53 Å². The Kier molecular flexibility index (Phi) is 6.57. The standard InChI is InChI=1S/C25H25FN4O5S/c1-36-15-22(31)28-10-8-27(9-11-28)21-7-6-16(12-20(21)26)29-13-17(35-25(29)34)14-30-23(32)18-4-2-3-5-19(18)24(30)33/h2-7,12,17H,8-11,13-15H2,1H3/t17-/m1/s1. The van der Waals surface area contributed by atoms with Gasteiger partial charge >= 0.3 is 6.09 Å². The van der Waals surface area contributed by atoms with Gasteiger partial charge in [-0.3, -0.25) is 24.2 Å². The second kappa shape index (κ2) is 9.81. The summed E-state index contributed by atoms with van der Waals surface area (Å²) in [7, 11) is 0. The van der Waals surface area contributed by atoms with E-state index in [9.17, 15) is 19.2 Å². The van der Waals surface area contributed by atoms with Crippen LogP contribution in [0.2, 0.25) is 0 Å². The quantitative estimate of drug-likeness (QED) is 0.550. The number of piperazine rings is 1. The van der Waals surface area contributed by atoms with E-state index in [0.717, 1.165) is 4.90 Å². The predicted octanol–water partition coefficient (Wildman–Crippen LogP) is 2.46. The van der Waals surface area contributed by atoms with Crippen LogP contribution in [0.5, 0.6) is 0 Å². The number of hydrogen-bond acceptors (Lipinski definition) is 7. The number of ether oxygens (including phenoxy) is 1. The van der Waals surface area contributed by atoms with Gasteiger partial charge in [-0.2, -0.15) is 11.8 Å². The third-order valence-corrected chi connectivity index (χ3v) is 7.16. The van der Waals surface area contributed by atoms with Gasteiger partial charge < -0.3 is 14.5 Å². The molecule has 1 atom stereocenters. The first-order valence-electron chi connectivity index (χ1n) is 11.6. The number of carbonyl (C=O) groups excluding carboxylic acids is 4. The average Bonchev–Trinajstić information content (AvgIpc) is 3.37. The minimum atomic E-state index is -0.727. The zero-order valence-electron chi connectivity index (χ0n) is 19.7. The Morgan fingerprint density at radius 3 is 2.31 bits per heavy atom. The average molecular weight is 513 g/mol. The van der Waals surface area contributed by atoms with Crippen LogP contribution in [0.1, 0.15) is 20.7 Å². The van der Waals surface area contributed by atoms with Gasteiger partial charge in [-0.25, -0.2) is 9.18 Å². The summed E-state index contributed by atoms with van der Waals surface area (Å²) in [4.78, 5) is 55.9. The van der Waals surface area contributed by atoms with Crippen LogP contribution in [0.4, 0.5) is 20.6 Å². The molecule has 3 heterocycles. The number of benzene rings is 2. The van der Waals surface area contributed by atoms with Crippen molar-refractivity contribution in [3.05, 3.63) is 59.4 Å². The van der Waals surface area contributed by atoms with Gasteiger partial charge in [-0.1, -0.05) is 12.1 Å². The number of fused-ring (bicyclic) bond motifs is 1. The molecule has 0 saturated carbocycles. The number of nitrogens with zero attached hydrogens (tertiary/aromatic N) is 4. The summed E-state index contributed by atoms with van der Waals surface area (Å²) in [5.74, 6) is -0.802. The number of hydrogen-bond donors (Lipinski definition) is 0. The van der Waals surface area contributed by atoms with Crippen molar-refractivity contribution in [1.82, 2.24) is 9.80 Å². The van der Waals surface area contributed by atoms with Crippen molar-refractivity contribution in [3.8, 4) is 0 Å². The molecule has 2 aromatic rings. The molecule has 0 bridgehead atoms. The smallest absolute Gasteiger partial charge is 0.414 e. The van der Waals surface area contributed by atoms with Crippen LogP contribution >= 0.6 is 11.8 Å². The minimum Gasteiger partial charge on any atom is -0.442 e. The van der Waals surface area contributed by atoms with E-state index in [2.05, 4.69) is 0 Å². The molecule has 188 valence electrons. The monoisotopic (exact) mass is 512 g/mol. The van der Waals surface area contributed by atoms with E-state index >= 15 is 4.39 Å². The second-order valence-corrected chi connectivity index (χ2v) is 9.69. The molecule has 2 fully saturated rings. The number of amides is 4. The summed E-state index contributed by atoms with van der Waals surface area (Å²) < 4.78 is 20.5. The Bertz CT molecular complexity index is 1200. The van der Waals surface area contributed by atoms with E-state index in [0.29, 0.717) is 54.4 Å².